The molecule has 1 atom stereocenters. The van der Waals surface area contributed by atoms with Crippen LogP contribution < -0.4 is 16.0 Å². The van der Waals surface area contributed by atoms with E-state index >= 15 is 0 Å². The number of carbonyl (C=O) groups excluding carboxylic acids is 2. The lowest BCUT2D eigenvalue weighted by Crippen LogP contribution is -2.44. The largest absolute Gasteiger partial charge is 0.445 e. The van der Waals surface area contributed by atoms with Crippen LogP contribution in [-0.4, -0.2) is 40.5 Å². The van der Waals surface area contributed by atoms with Crippen LogP contribution in [0.3, 0.4) is 0 Å². The number of para-hydroxylation sites is 1. The summed E-state index contributed by atoms with van der Waals surface area (Å²) in [5.41, 5.74) is 1.68. The molecule has 1 amide bonds. The number of ether oxygens (including phenoxy) is 1. The molecule has 1 aliphatic carbocycles. The van der Waals surface area contributed by atoms with Crippen LogP contribution in [0, 0.1) is 0 Å². The van der Waals surface area contributed by atoms with E-state index in [1.165, 1.54) is 19.8 Å². The van der Waals surface area contributed by atoms with Gasteiger partial charge in [0.1, 0.15) is 18.5 Å². The van der Waals surface area contributed by atoms with Crippen LogP contribution >= 0.6 is 0 Å². The smallest absolute Gasteiger partial charge is 0.408 e. The molecule has 8 heteroatoms. The summed E-state index contributed by atoms with van der Waals surface area (Å²) in [6, 6.07) is 16.8. The summed E-state index contributed by atoms with van der Waals surface area (Å²) in [4.78, 5) is 33.6. The fourth-order valence-corrected chi connectivity index (χ4v) is 3.93. The number of alkyl carbamates (subject to hydrolysis) is 1. The highest BCUT2D eigenvalue weighted by atomic mass is 16.5. The quantitative estimate of drug-likeness (QED) is 0.450. The number of hydrogen-bond donors (Lipinski definition) is 3. The van der Waals surface area contributed by atoms with E-state index in [0.29, 0.717) is 12.0 Å². The second-order valence-electron chi connectivity index (χ2n) is 8.29. The number of rotatable bonds is 9. The van der Waals surface area contributed by atoms with Gasteiger partial charge < -0.3 is 20.7 Å². The predicted molar refractivity (Wildman–Crippen MR) is 128 cm³/mol. The number of Topliss-reactive ketones (excluding diaryl/α,β-unsaturated/α-hetero) is 1. The van der Waals surface area contributed by atoms with Crippen molar-refractivity contribution in [1.82, 2.24) is 15.3 Å². The Bertz CT molecular complexity index is 1100. The Morgan fingerprint density at radius 2 is 1.76 bits per heavy atom. The minimum absolute atomic E-state index is 0.134. The van der Waals surface area contributed by atoms with Crippen molar-refractivity contribution in [3.05, 3.63) is 60.2 Å². The Morgan fingerprint density at radius 1 is 1.03 bits per heavy atom. The maximum absolute atomic E-state index is 12.2. The number of benzene rings is 2. The Labute approximate surface area is 193 Å². The molecule has 3 aromatic rings. The first-order valence-corrected chi connectivity index (χ1v) is 11.3. The summed E-state index contributed by atoms with van der Waals surface area (Å²) in [5, 5.41) is 10.2. The summed E-state index contributed by atoms with van der Waals surface area (Å²) in [5.74, 6) is 0.994. The van der Waals surface area contributed by atoms with Gasteiger partial charge in [0.15, 0.2) is 5.78 Å². The zero-order valence-electron chi connectivity index (χ0n) is 18.7. The van der Waals surface area contributed by atoms with Gasteiger partial charge in [-0.15, -0.1) is 0 Å². The van der Waals surface area contributed by atoms with Crippen molar-refractivity contribution in [2.24, 2.45) is 0 Å². The summed E-state index contributed by atoms with van der Waals surface area (Å²) in [6.45, 7) is 1.71. The Balaban J connectivity index is 1.40. The molecule has 1 fully saturated rings. The highest BCUT2D eigenvalue weighted by molar-refractivity contribution is 5.90. The summed E-state index contributed by atoms with van der Waals surface area (Å²) >= 11 is 0. The van der Waals surface area contributed by atoms with Crippen molar-refractivity contribution >= 4 is 34.5 Å². The fraction of sp³-hybridized carbons (Fsp3) is 0.360. The molecule has 0 saturated heterocycles. The topological polar surface area (TPSA) is 105 Å². The molecule has 0 aliphatic heterocycles. The number of aromatic nitrogens is 2. The third-order valence-corrected chi connectivity index (χ3v) is 5.76. The number of hydrogen-bond acceptors (Lipinski definition) is 7. The van der Waals surface area contributed by atoms with Crippen LogP contribution in [-0.2, 0) is 16.1 Å². The molecule has 33 heavy (non-hydrogen) atoms. The lowest BCUT2D eigenvalue weighted by atomic mass is 10.2. The first-order valence-electron chi connectivity index (χ1n) is 11.3. The monoisotopic (exact) mass is 447 g/mol. The Kier molecular flexibility index (Phi) is 7.34. The molecule has 2 aromatic carbocycles. The molecule has 1 aromatic heterocycles. The lowest BCUT2D eigenvalue weighted by Gasteiger charge is -2.18. The standard InChI is InChI=1S/C25H29N5O3/c1-17(31)22(29-25(32)33-16-18-9-3-2-4-10-18)15-26-24-28-21-14-8-7-13-20(21)23(30-24)27-19-11-5-6-12-19/h2-4,7-10,13-14,19,22H,5-6,11-12,15-16H2,1H3,(H,29,32)(H2,26,27,28,30)/t22-/m0/s1. The summed E-state index contributed by atoms with van der Waals surface area (Å²) in [6.07, 6.45) is 4.05. The van der Waals surface area contributed by atoms with Crippen molar-refractivity contribution in [1.29, 1.82) is 0 Å². The maximum Gasteiger partial charge on any atom is 0.408 e. The molecule has 0 radical (unpaired) electrons. The van der Waals surface area contributed by atoms with Crippen molar-refractivity contribution in [2.45, 2.75) is 51.3 Å². The molecule has 8 nitrogen and oxygen atoms in total. The van der Waals surface area contributed by atoms with E-state index in [2.05, 4.69) is 25.9 Å². The number of carbonyl (C=O) groups is 2. The number of fused-ring (bicyclic) bond motifs is 1. The molecule has 3 N–H and O–H groups in total. The average molecular weight is 448 g/mol. The van der Waals surface area contributed by atoms with Gasteiger partial charge in [0.05, 0.1) is 5.52 Å². The number of amides is 1. The van der Waals surface area contributed by atoms with Crippen molar-refractivity contribution in [3.63, 3.8) is 0 Å². The van der Waals surface area contributed by atoms with E-state index in [1.54, 1.807) is 0 Å². The normalized spacial score (nSPS) is 14.6. The van der Waals surface area contributed by atoms with Crippen LogP contribution in [0.15, 0.2) is 54.6 Å². The van der Waals surface area contributed by atoms with Gasteiger partial charge in [-0.1, -0.05) is 55.3 Å². The van der Waals surface area contributed by atoms with Crippen LogP contribution in [0.1, 0.15) is 38.2 Å². The van der Waals surface area contributed by atoms with Gasteiger partial charge in [-0.05, 0) is 37.5 Å². The van der Waals surface area contributed by atoms with Gasteiger partial charge in [0.25, 0.3) is 0 Å². The van der Waals surface area contributed by atoms with E-state index in [1.807, 2.05) is 54.6 Å². The molecule has 4 rings (SSSR count). The number of nitrogens with one attached hydrogen (secondary N) is 3. The minimum Gasteiger partial charge on any atom is -0.445 e. The average Bonchev–Trinajstić information content (AvgIpc) is 3.34. The number of anilines is 2. The highest BCUT2D eigenvalue weighted by Gasteiger charge is 2.20. The van der Waals surface area contributed by atoms with Crippen molar-refractivity contribution in [3.8, 4) is 0 Å². The number of ketones is 1. The van der Waals surface area contributed by atoms with Crippen LogP contribution in [0.4, 0.5) is 16.6 Å². The third-order valence-electron chi connectivity index (χ3n) is 5.76. The SMILES string of the molecule is CC(=O)[C@H](CNc1nc(NC2CCCC2)c2ccccc2n1)NC(=O)OCc1ccccc1. The van der Waals surface area contributed by atoms with Crippen LogP contribution in [0.25, 0.3) is 10.9 Å². The Hall–Kier alpha value is -3.68. The molecule has 1 saturated carbocycles. The van der Waals surface area contributed by atoms with E-state index in [9.17, 15) is 9.59 Å². The van der Waals surface area contributed by atoms with E-state index in [4.69, 9.17) is 4.74 Å². The van der Waals surface area contributed by atoms with Crippen LogP contribution in [0.2, 0.25) is 0 Å². The van der Waals surface area contributed by atoms with Crippen molar-refractivity contribution in [2.75, 3.05) is 17.2 Å². The van der Waals surface area contributed by atoms with E-state index < -0.39 is 12.1 Å². The van der Waals surface area contributed by atoms with Crippen molar-refractivity contribution < 1.29 is 14.3 Å². The third kappa shape index (κ3) is 6.19. The second kappa shape index (κ2) is 10.8. The van der Waals surface area contributed by atoms with Crippen LogP contribution in [0.5, 0.6) is 0 Å². The molecule has 1 heterocycles. The highest BCUT2D eigenvalue weighted by Crippen LogP contribution is 2.26. The van der Waals surface area contributed by atoms with E-state index in [-0.39, 0.29) is 18.9 Å². The van der Waals surface area contributed by atoms with Gasteiger partial charge >= 0.3 is 6.09 Å². The maximum atomic E-state index is 12.2. The van der Waals surface area contributed by atoms with Gasteiger partial charge in [-0.2, -0.15) is 4.98 Å². The lowest BCUT2D eigenvalue weighted by molar-refractivity contribution is -0.118. The summed E-state index contributed by atoms with van der Waals surface area (Å²) < 4.78 is 5.24. The molecular formula is C25H29N5O3. The van der Waals surface area contributed by atoms with Gasteiger partial charge in [0.2, 0.25) is 5.95 Å². The number of nitrogens with zero attached hydrogens (tertiary/aromatic N) is 2. The predicted octanol–water partition coefficient (Wildman–Crippen LogP) is 4.28. The first kappa shape index (κ1) is 22.5. The minimum atomic E-state index is -0.769. The molecular weight excluding hydrogens is 418 g/mol. The molecule has 172 valence electrons. The molecule has 0 bridgehead atoms. The second-order valence-corrected chi connectivity index (χ2v) is 8.29. The van der Waals surface area contributed by atoms with Gasteiger partial charge in [0, 0.05) is 18.0 Å². The molecule has 0 unspecified atom stereocenters. The zero-order chi connectivity index (χ0) is 23.0. The fourth-order valence-electron chi connectivity index (χ4n) is 3.93. The van der Waals surface area contributed by atoms with E-state index in [0.717, 1.165) is 35.1 Å². The molecule has 1 aliphatic rings. The van der Waals surface area contributed by atoms with Gasteiger partial charge in [-0.3, -0.25) is 4.79 Å². The zero-order valence-corrected chi connectivity index (χ0v) is 18.7. The first-order chi connectivity index (χ1) is 16.1. The Morgan fingerprint density at radius 3 is 2.52 bits per heavy atom. The van der Waals surface area contributed by atoms with Gasteiger partial charge in [-0.25, -0.2) is 9.78 Å². The molecule has 0 spiro atoms. The summed E-state index contributed by atoms with van der Waals surface area (Å²) in [7, 11) is 0.